The topological polar surface area (TPSA) is 86.7 Å². The van der Waals surface area contributed by atoms with Crippen molar-refractivity contribution in [3.8, 4) is 0 Å². The summed E-state index contributed by atoms with van der Waals surface area (Å²) in [6.45, 7) is 1.87. The smallest absolute Gasteiger partial charge is 0.352 e. The van der Waals surface area contributed by atoms with Crippen LogP contribution in [0, 0.1) is 0 Å². The minimum atomic E-state index is -1.11. The van der Waals surface area contributed by atoms with Crippen LogP contribution in [0.4, 0.5) is 0 Å². The lowest BCUT2D eigenvalue weighted by atomic mass is 10.0. The number of amides is 2. The number of thioether (sulfide) groups is 2. The second-order valence-corrected chi connectivity index (χ2v) is 6.64. The van der Waals surface area contributed by atoms with Gasteiger partial charge in [-0.25, -0.2) is 4.79 Å². The first-order valence-corrected chi connectivity index (χ1v) is 8.01. The maximum Gasteiger partial charge on any atom is 0.352 e. The second kappa shape index (κ2) is 5.46. The first-order chi connectivity index (χ1) is 8.95. The Kier molecular flexibility index (Phi) is 4.10. The fraction of sp³-hybridized carbons (Fsp3) is 0.545. The van der Waals surface area contributed by atoms with Gasteiger partial charge in [0, 0.05) is 5.25 Å². The number of carbonyl (C=O) groups is 3. The largest absolute Gasteiger partial charge is 0.477 e. The van der Waals surface area contributed by atoms with E-state index in [2.05, 4.69) is 5.32 Å². The number of carboxylic acids is 1. The van der Waals surface area contributed by atoms with Gasteiger partial charge in [-0.3, -0.25) is 14.5 Å². The predicted octanol–water partition coefficient (Wildman–Crippen LogP) is 0.106. The zero-order valence-corrected chi connectivity index (χ0v) is 12.1. The van der Waals surface area contributed by atoms with E-state index in [1.54, 1.807) is 12.3 Å². The van der Waals surface area contributed by atoms with Crippen LogP contribution in [0.2, 0.25) is 0 Å². The van der Waals surface area contributed by atoms with Gasteiger partial charge in [0.2, 0.25) is 5.91 Å². The number of hydrogen-bond donors (Lipinski definition) is 2. The molecule has 2 rings (SSSR count). The minimum absolute atomic E-state index is 0.000372. The highest BCUT2D eigenvalue weighted by Gasteiger charge is 2.53. The van der Waals surface area contributed by atoms with Crippen molar-refractivity contribution in [1.29, 1.82) is 0 Å². The maximum atomic E-state index is 11.9. The molecular formula is C11H14N2O4S2. The molecular weight excluding hydrogens is 288 g/mol. The zero-order valence-electron chi connectivity index (χ0n) is 10.5. The van der Waals surface area contributed by atoms with Gasteiger partial charge in [-0.1, -0.05) is 0 Å². The van der Waals surface area contributed by atoms with Crippen molar-refractivity contribution in [3.05, 3.63) is 11.8 Å². The van der Waals surface area contributed by atoms with E-state index >= 15 is 0 Å². The molecule has 8 heteroatoms. The van der Waals surface area contributed by atoms with Gasteiger partial charge < -0.3 is 10.4 Å². The van der Waals surface area contributed by atoms with Crippen LogP contribution in [0.15, 0.2) is 11.8 Å². The fourth-order valence-electron chi connectivity index (χ4n) is 2.07. The summed E-state index contributed by atoms with van der Waals surface area (Å²) < 4.78 is 0. The molecule has 104 valence electrons. The molecule has 0 radical (unpaired) electrons. The van der Waals surface area contributed by atoms with E-state index in [1.807, 2.05) is 6.92 Å². The molecule has 19 heavy (non-hydrogen) atoms. The summed E-state index contributed by atoms with van der Waals surface area (Å²) in [7, 11) is 0. The lowest BCUT2D eigenvalue weighted by Crippen LogP contribution is -2.70. The van der Waals surface area contributed by atoms with Crippen molar-refractivity contribution >= 4 is 41.3 Å². The second-order valence-electron chi connectivity index (χ2n) is 4.28. The lowest BCUT2D eigenvalue weighted by molar-refractivity contribution is -0.150. The van der Waals surface area contributed by atoms with Gasteiger partial charge in [0.25, 0.3) is 5.91 Å². The van der Waals surface area contributed by atoms with Crippen molar-refractivity contribution in [2.75, 3.05) is 12.0 Å². The molecule has 1 saturated heterocycles. The summed E-state index contributed by atoms with van der Waals surface area (Å²) in [5.74, 6) is -1.38. The van der Waals surface area contributed by atoms with Crippen molar-refractivity contribution < 1.29 is 19.5 Å². The maximum absolute atomic E-state index is 11.9. The minimum Gasteiger partial charge on any atom is -0.477 e. The molecule has 2 heterocycles. The van der Waals surface area contributed by atoms with Gasteiger partial charge in [-0.2, -0.15) is 11.8 Å². The molecule has 2 aliphatic heterocycles. The van der Waals surface area contributed by atoms with Crippen LogP contribution in [0.25, 0.3) is 0 Å². The standard InChI is InChI=1S/C11H14N2O4S2/c1-5-3-6(11(16)17)13-9(15)8(10(13)19-5)12-7(14)4-18-2/h3,5,8,10H,4H2,1-2H3,(H,12,14)(H,16,17). The number of fused-ring (bicyclic) bond motifs is 1. The monoisotopic (exact) mass is 302 g/mol. The van der Waals surface area contributed by atoms with Crippen LogP contribution >= 0.6 is 23.5 Å². The molecule has 0 aromatic heterocycles. The number of carboxylic acid groups (broad SMARTS) is 1. The van der Waals surface area contributed by atoms with Crippen LogP contribution in [-0.2, 0) is 14.4 Å². The van der Waals surface area contributed by atoms with Crippen LogP contribution < -0.4 is 5.32 Å². The Morgan fingerprint density at radius 2 is 2.26 bits per heavy atom. The number of carbonyl (C=O) groups excluding carboxylic acids is 2. The first kappa shape index (κ1) is 14.3. The highest BCUT2D eigenvalue weighted by molar-refractivity contribution is 8.00. The quantitative estimate of drug-likeness (QED) is 0.717. The van der Waals surface area contributed by atoms with Crippen LogP contribution in [0.1, 0.15) is 6.92 Å². The van der Waals surface area contributed by atoms with Crippen LogP contribution in [0.3, 0.4) is 0 Å². The van der Waals surface area contributed by atoms with Gasteiger partial charge in [-0.15, -0.1) is 11.8 Å². The zero-order chi connectivity index (χ0) is 14.2. The number of rotatable bonds is 4. The number of hydrogen-bond acceptors (Lipinski definition) is 5. The summed E-state index contributed by atoms with van der Waals surface area (Å²) >= 11 is 2.85. The van der Waals surface area contributed by atoms with Crippen molar-refractivity contribution in [2.24, 2.45) is 0 Å². The van der Waals surface area contributed by atoms with Gasteiger partial charge in [0.05, 0.1) is 5.75 Å². The Hall–Kier alpha value is -1.15. The Balaban J connectivity index is 2.11. The molecule has 0 bridgehead atoms. The van der Waals surface area contributed by atoms with E-state index in [-0.39, 0.29) is 28.1 Å². The summed E-state index contributed by atoms with van der Waals surface area (Å²) in [5.41, 5.74) is 0.0108. The average Bonchev–Trinajstić information content (AvgIpc) is 2.35. The molecule has 0 spiro atoms. The van der Waals surface area contributed by atoms with Crippen LogP contribution in [-0.4, -0.2) is 56.5 Å². The van der Waals surface area contributed by atoms with Crippen molar-refractivity contribution in [1.82, 2.24) is 10.2 Å². The van der Waals surface area contributed by atoms with E-state index in [0.717, 1.165) is 0 Å². The predicted molar refractivity (Wildman–Crippen MR) is 73.7 cm³/mol. The molecule has 6 nitrogen and oxygen atoms in total. The normalized spacial score (nSPS) is 29.2. The number of nitrogens with zero attached hydrogens (tertiary/aromatic N) is 1. The van der Waals surface area contributed by atoms with Gasteiger partial charge in [0.15, 0.2) is 0 Å². The molecule has 2 aliphatic rings. The average molecular weight is 302 g/mol. The van der Waals surface area contributed by atoms with Gasteiger partial charge in [0.1, 0.15) is 17.1 Å². The van der Waals surface area contributed by atoms with E-state index in [9.17, 15) is 14.4 Å². The number of nitrogens with one attached hydrogen (secondary N) is 1. The summed E-state index contributed by atoms with van der Waals surface area (Å²) in [6.07, 6.45) is 3.36. The Morgan fingerprint density at radius 3 is 2.84 bits per heavy atom. The summed E-state index contributed by atoms with van der Waals surface area (Å²) in [6, 6.07) is -0.616. The third-order valence-corrected chi connectivity index (χ3v) is 4.74. The first-order valence-electron chi connectivity index (χ1n) is 5.67. The summed E-state index contributed by atoms with van der Waals surface area (Å²) in [5, 5.41) is 11.4. The molecule has 0 aromatic rings. The van der Waals surface area contributed by atoms with Gasteiger partial charge in [-0.05, 0) is 19.3 Å². The highest BCUT2D eigenvalue weighted by Crippen LogP contribution is 2.40. The Bertz CT molecular complexity index is 466. The van der Waals surface area contributed by atoms with E-state index in [4.69, 9.17) is 5.11 Å². The van der Waals surface area contributed by atoms with Crippen molar-refractivity contribution in [2.45, 2.75) is 23.6 Å². The summed E-state index contributed by atoms with van der Waals surface area (Å²) in [4.78, 5) is 35.8. The van der Waals surface area contributed by atoms with E-state index < -0.39 is 12.0 Å². The molecule has 3 atom stereocenters. The highest BCUT2D eigenvalue weighted by atomic mass is 32.2. The third-order valence-electron chi connectivity index (χ3n) is 2.86. The fourth-order valence-corrected chi connectivity index (χ4v) is 3.75. The third kappa shape index (κ3) is 2.59. The SMILES string of the molecule is CSCC(=O)NC1C(=O)N2C(C(=O)O)=CC(C)SC12. The molecule has 0 saturated carbocycles. The van der Waals surface area contributed by atoms with E-state index in [1.165, 1.54) is 28.4 Å². The molecule has 1 fully saturated rings. The molecule has 0 aliphatic carbocycles. The molecule has 3 unspecified atom stereocenters. The molecule has 0 aromatic carbocycles. The van der Waals surface area contributed by atoms with Gasteiger partial charge >= 0.3 is 5.97 Å². The Morgan fingerprint density at radius 1 is 1.58 bits per heavy atom. The molecule has 2 N–H and O–H groups in total. The number of aliphatic carboxylic acids is 1. The molecule has 2 amide bonds. The van der Waals surface area contributed by atoms with E-state index in [0.29, 0.717) is 5.75 Å². The lowest BCUT2D eigenvalue weighted by Gasteiger charge is -2.49. The van der Waals surface area contributed by atoms with Crippen LogP contribution in [0.5, 0.6) is 0 Å². The number of β-lactam (4-membered cyclic amide) rings is 1. The van der Waals surface area contributed by atoms with Crippen molar-refractivity contribution in [3.63, 3.8) is 0 Å². The Labute approximate surface area is 119 Å².